The molecule has 4 aromatic carbocycles. The highest BCUT2D eigenvalue weighted by Crippen LogP contribution is 2.34. The fourth-order valence-corrected chi connectivity index (χ4v) is 5.52. The summed E-state index contributed by atoms with van der Waals surface area (Å²) in [4.78, 5) is 0.218. The molecule has 7 heteroatoms. The first-order valence-corrected chi connectivity index (χ1v) is 13.1. The third-order valence-corrected chi connectivity index (χ3v) is 7.70. The summed E-state index contributed by atoms with van der Waals surface area (Å²) in [6.07, 6.45) is 0. The molecule has 0 N–H and O–H groups in total. The fourth-order valence-electron chi connectivity index (χ4n) is 4.06. The number of sulfonamides is 1. The summed E-state index contributed by atoms with van der Waals surface area (Å²) in [5.74, 6) is 0.425. The minimum Gasteiger partial charge on any atom is -0.244 e. The molecule has 0 spiro atoms. The molecule has 0 saturated carbocycles. The van der Waals surface area contributed by atoms with Crippen LogP contribution in [0.2, 0.25) is 0 Å². The topological polar surface area (TPSA) is 68.1 Å². The van der Waals surface area contributed by atoms with Gasteiger partial charge in [0.25, 0.3) is 10.0 Å². The van der Waals surface area contributed by atoms with Gasteiger partial charge in [-0.1, -0.05) is 114 Å². The van der Waals surface area contributed by atoms with Crippen molar-refractivity contribution in [1.82, 2.24) is 15.0 Å². The minimum atomic E-state index is -3.95. The van der Waals surface area contributed by atoms with Gasteiger partial charge >= 0.3 is 0 Å². The SMILES string of the molecule is Cc1ccc(S(=O)(=O)N(Cc2ccccc2)c2c(-c3ccccc3)nnn2Cc2ccccc2)cc1. The second-order valence-corrected chi connectivity index (χ2v) is 10.4. The summed E-state index contributed by atoms with van der Waals surface area (Å²) in [5.41, 5.74) is 4.15. The first-order valence-electron chi connectivity index (χ1n) is 11.7. The molecule has 0 fully saturated rings. The van der Waals surface area contributed by atoms with Crippen LogP contribution >= 0.6 is 0 Å². The molecule has 0 unspecified atom stereocenters. The maximum Gasteiger partial charge on any atom is 0.265 e. The second kappa shape index (κ2) is 10.2. The van der Waals surface area contributed by atoms with Crippen molar-refractivity contribution in [3.05, 3.63) is 132 Å². The van der Waals surface area contributed by atoms with E-state index in [0.29, 0.717) is 18.1 Å². The summed E-state index contributed by atoms with van der Waals surface area (Å²) in [6.45, 7) is 2.45. The highest BCUT2D eigenvalue weighted by atomic mass is 32.2. The number of aromatic nitrogens is 3. The summed E-state index contributed by atoms with van der Waals surface area (Å²) >= 11 is 0. The van der Waals surface area contributed by atoms with Crippen LogP contribution < -0.4 is 4.31 Å². The van der Waals surface area contributed by atoms with Crippen molar-refractivity contribution in [2.24, 2.45) is 0 Å². The Kier molecular flexibility index (Phi) is 6.64. The third kappa shape index (κ3) is 4.92. The maximum absolute atomic E-state index is 14.2. The van der Waals surface area contributed by atoms with Crippen LogP contribution in [0, 0.1) is 6.92 Å². The Bertz CT molecular complexity index is 1530. The van der Waals surface area contributed by atoms with Gasteiger partial charge in [-0.25, -0.2) is 17.4 Å². The lowest BCUT2D eigenvalue weighted by Gasteiger charge is -2.26. The van der Waals surface area contributed by atoms with E-state index in [0.717, 1.165) is 22.3 Å². The van der Waals surface area contributed by atoms with E-state index in [9.17, 15) is 8.42 Å². The predicted octanol–water partition coefficient (Wildman–Crippen LogP) is 5.70. The van der Waals surface area contributed by atoms with Crippen molar-refractivity contribution in [1.29, 1.82) is 0 Å². The first kappa shape index (κ1) is 23.5. The maximum atomic E-state index is 14.2. The Morgan fingerprint density at radius 3 is 1.89 bits per heavy atom. The molecule has 0 saturated heterocycles. The van der Waals surface area contributed by atoms with Crippen LogP contribution in [-0.4, -0.2) is 23.4 Å². The Balaban J connectivity index is 1.71. The number of hydrogen-bond donors (Lipinski definition) is 0. The van der Waals surface area contributed by atoms with Crippen molar-refractivity contribution in [3.8, 4) is 11.3 Å². The third-order valence-electron chi connectivity index (χ3n) is 5.95. The van der Waals surface area contributed by atoms with Gasteiger partial charge in [0.15, 0.2) is 5.82 Å². The zero-order valence-electron chi connectivity index (χ0n) is 19.9. The van der Waals surface area contributed by atoms with E-state index < -0.39 is 10.0 Å². The van der Waals surface area contributed by atoms with Gasteiger partial charge in [-0.3, -0.25) is 0 Å². The lowest BCUT2D eigenvalue weighted by atomic mass is 10.1. The molecule has 1 aromatic heterocycles. The molecule has 6 nitrogen and oxygen atoms in total. The molecular formula is C29H26N4O2S. The largest absolute Gasteiger partial charge is 0.265 e. The molecule has 180 valence electrons. The average Bonchev–Trinajstić information content (AvgIpc) is 3.32. The molecule has 0 aliphatic rings. The summed E-state index contributed by atoms with van der Waals surface area (Å²) in [6, 6.07) is 35.9. The highest BCUT2D eigenvalue weighted by Gasteiger charge is 2.32. The van der Waals surface area contributed by atoms with Gasteiger partial charge in [0.2, 0.25) is 0 Å². The van der Waals surface area contributed by atoms with Crippen molar-refractivity contribution < 1.29 is 8.42 Å². The van der Waals surface area contributed by atoms with Crippen LogP contribution in [0.4, 0.5) is 5.82 Å². The normalized spacial score (nSPS) is 11.4. The predicted molar refractivity (Wildman–Crippen MR) is 142 cm³/mol. The quantitative estimate of drug-likeness (QED) is 0.278. The average molecular weight is 495 g/mol. The molecule has 5 aromatic rings. The van der Waals surface area contributed by atoms with Crippen LogP contribution in [0.1, 0.15) is 16.7 Å². The van der Waals surface area contributed by atoms with Crippen molar-refractivity contribution >= 4 is 15.8 Å². The molecule has 0 bridgehead atoms. The highest BCUT2D eigenvalue weighted by molar-refractivity contribution is 7.92. The number of benzene rings is 4. The van der Waals surface area contributed by atoms with E-state index in [1.54, 1.807) is 16.8 Å². The van der Waals surface area contributed by atoms with Crippen LogP contribution in [0.3, 0.4) is 0 Å². The lowest BCUT2D eigenvalue weighted by Crippen LogP contribution is -2.33. The van der Waals surface area contributed by atoms with Gasteiger partial charge in [0.05, 0.1) is 18.0 Å². The molecule has 0 amide bonds. The number of nitrogens with zero attached hydrogens (tertiary/aromatic N) is 4. The van der Waals surface area contributed by atoms with Gasteiger partial charge < -0.3 is 0 Å². The van der Waals surface area contributed by atoms with Crippen LogP contribution in [-0.2, 0) is 23.1 Å². The molecule has 5 rings (SSSR count). The summed E-state index contributed by atoms with van der Waals surface area (Å²) in [7, 11) is -3.95. The Labute approximate surface area is 211 Å². The molecule has 0 aliphatic carbocycles. The van der Waals surface area contributed by atoms with Gasteiger partial charge in [-0.2, -0.15) is 0 Å². The molecule has 0 radical (unpaired) electrons. The van der Waals surface area contributed by atoms with E-state index in [1.165, 1.54) is 4.31 Å². The number of rotatable bonds is 8. The van der Waals surface area contributed by atoms with Crippen LogP contribution in [0.15, 0.2) is 120 Å². The second-order valence-electron chi connectivity index (χ2n) is 8.58. The molecular weight excluding hydrogens is 468 g/mol. The number of hydrogen-bond acceptors (Lipinski definition) is 4. The van der Waals surface area contributed by atoms with Crippen molar-refractivity contribution in [2.75, 3.05) is 4.31 Å². The standard InChI is InChI=1S/C29H26N4O2S/c1-23-17-19-27(20-18-23)36(34,35)33(22-25-13-7-3-8-14-25)29-28(26-15-9-4-10-16-26)30-31-32(29)21-24-11-5-2-6-12-24/h2-20H,21-22H2,1H3. The van der Waals surface area contributed by atoms with E-state index in [-0.39, 0.29) is 11.4 Å². The number of anilines is 1. The van der Waals surface area contributed by atoms with Gasteiger partial charge in [-0.05, 0) is 30.2 Å². The van der Waals surface area contributed by atoms with E-state index in [2.05, 4.69) is 10.3 Å². The fraction of sp³-hybridized carbons (Fsp3) is 0.103. The zero-order valence-corrected chi connectivity index (χ0v) is 20.7. The summed E-state index contributed by atoms with van der Waals surface area (Å²) < 4.78 is 31.5. The van der Waals surface area contributed by atoms with Gasteiger partial charge in [0.1, 0.15) is 5.69 Å². The Hall–Kier alpha value is -4.23. The van der Waals surface area contributed by atoms with Crippen LogP contribution in [0.25, 0.3) is 11.3 Å². The lowest BCUT2D eigenvalue weighted by molar-refractivity contribution is 0.584. The van der Waals surface area contributed by atoms with E-state index in [1.807, 2.05) is 110 Å². The van der Waals surface area contributed by atoms with Crippen molar-refractivity contribution in [2.45, 2.75) is 24.9 Å². The van der Waals surface area contributed by atoms with Gasteiger partial charge in [0, 0.05) is 5.56 Å². The molecule has 0 aliphatic heterocycles. The number of aryl methyl sites for hydroxylation is 1. The van der Waals surface area contributed by atoms with Gasteiger partial charge in [-0.15, -0.1) is 5.10 Å². The molecule has 36 heavy (non-hydrogen) atoms. The smallest absolute Gasteiger partial charge is 0.244 e. The molecule has 1 heterocycles. The van der Waals surface area contributed by atoms with E-state index in [4.69, 9.17) is 0 Å². The monoisotopic (exact) mass is 494 g/mol. The zero-order chi connectivity index (χ0) is 25.0. The Morgan fingerprint density at radius 2 is 1.28 bits per heavy atom. The summed E-state index contributed by atoms with van der Waals surface area (Å²) in [5, 5.41) is 8.91. The first-order chi connectivity index (χ1) is 17.5. The Morgan fingerprint density at radius 1 is 0.722 bits per heavy atom. The molecule has 0 atom stereocenters. The minimum absolute atomic E-state index is 0.138. The van der Waals surface area contributed by atoms with Crippen molar-refractivity contribution in [3.63, 3.8) is 0 Å². The van der Waals surface area contributed by atoms with E-state index >= 15 is 0 Å². The van der Waals surface area contributed by atoms with Crippen LogP contribution in [0.5, 0.6) is 0 Å².